The number of anilines is 2. The fraction of sp³-hybridized carbons (Fsp3) is 0. The van der Waals surface area contributed by atoms with Gasteiger partial charge >= 0.3 is 0 Å². The van der Waals surface area contributed by atoms with E-state index in [9.17, 15) is 0 Å². The molecule has 0 radical (unpaired) electrons. The lowest BCUT2D eigenvalue weighted by Gasteiger charge is -2.05. The molecule has 3 aromatic rings. The number of nitrogens with one attached hydrogen (secondary N) is 1. The quantitative estimate of drug-likeness (QED) is 0.771. The molecule has 0 aliphatic heterocycles. The van der Waals surface area contributed by atoms with Gasteiger partial charge in [-0.2, -0.15) is 0 Å². The van der Waals surface area contributed by atoms with Crippen molar-refractivity contribution in [3.63, 3.8) is 0 Å². The minimum absolute atomic E-state index is 0.844. The highest BCUT2D eigenvalue weighted by atomic mass is 79.9. The van der Waals surface area contributed by atoms with Crippen LogP contribution in [0.4, 0.5) is 11.5 Å². The van der Waals surface area contributed by atoms with Gasteiger partial charge in [0.25, 0.3) is 0 Å². The standard InChI is InChI=1S/C12H8BrN3S/c13-10-6-9-11(17-10)12(15-7-14-9)16-8-4-2-1-3-5-8/h1-7H,(H,14,15,16). The van der Waals surface area contributed by atoms with Crippen LogP contribution >= 0.6 is 27.3 Å². The number of fused-ring (bicyclic) bond motifs is 1. The summed E-state index contributed by atoms with van der Waals surface area (Å²) in [6.07, 6.45) is 1.58. The van der Waals surface area contributed by atoms with Gasteiger partial charge in [-0.1, -0.05) is 18.2 Å². The summed E-state index contributed by atoms with van der Waals surface area (Å²) in [5.74, 6) is 0.844. The molecule has 3 nitrogen and oxygen atoms in total. The van der Waals surface area contributed by atoms with Gasteiger partial charge in [-0.15, -0.1) is 11.3 Å². The Morgan fingerprint density at radius 2 is 1.94 bits per heavy atom. The van der Waals surface area contributed by atoms with E-state index in [-0.39, 0.29) is 0 Å². The molecule has 0 fully saturated rings. The second kappa shape index (κ2) is 4.43. The van der Waals surface area contributed by atoms with Crippen molar-refractivity contribution in [2.45, 2.75) is 0 Å². The predicted molar refractivity (Wildman–Crippen MR) is 74.8 cm³/mol. The van der Waals surface area contributed by atoms with Crippen LogP contribution in [0.15, 0.2) is 46.5 Å². The zero-order valence-corrected chi connectivity index (χ0v) is 11.1. The number of halogens is 1. The van der Waals surface area contributed by atoms with Crippen LogP contribution in [-0.2, 0) is 0 Å². The second-order valence-corrected chi connectivity index (χ2v) is 5.91. The third-order valence-electron chi connectivity index (χ3n) is 2.32. The molecule has 0 aliphatic carbocycles. The number of para-hydroxylation sites is 1. The predicted octanol–water partition coefficient (Wildman–Crippen LogP) is 4.20. The first kappa shape index (κ1) is 10.7. The molecule has 0 spiro atoms. The van der Waals surface area contributed by atoms with Crippen LogP contribution in [0.1, 0.15) is 0 Å². The third-order valence-corrected chi connectivity index (χ3v) is 3.95. The van der Waals surface area contributed by atoms with Crippen LogP contribution in [-0.4, -0.2) is 9.97 Å². The lowest BCUT2D eigenvalue weighted by molar-refractivity contribution is 1.23. The summed E-state index contributed by atoms with van der Waals surface area (Å²) in [6.45, 7) is 0. The van der Waals surface area contributed by atoms with Crippen LogP contribution in [0.2, 0.25) is 0 Å². The van der Waals surface area contributed by atoms with Crippen LogP contribution in [0, 0.1) is 0 Å². The molecule has 84 valence electrons. The zero-order chi connectivity index (χ0) is 11.7. The van der Waals surface area contributed by atoms with E-state index >= 15 is 0 Å². The summed E-state index contributed by atoms with van der Waals surface area (Å²) in [4.78, 5) is 8.52. The van der Waals surface area contributed by atoms with E-state index in [2.05, 4.69) is 31.2 Å². The van der Waals surface area contributed by atoms with Crippen molar-refractivity contribution in [3.05, 3.63) is 46.5 Å². The summed E-state index contributed by atoms with van der Waals surface area (Å²) in [5, 5.41) is 3.30. The largest absolute Gasteiger partial charge is 0.339 e. The molecular formula is C12H8BrN3S. The van der Waals surface area contributed by atoms with Gasteiger partial charge in [0, 0.05) is 5.69 Å². The van der Waals surface area contributed by atoms with Crippen molar-refractivity contribution in [1.82, 2.24) is 9.97 Å². The highest BCUT2D eigenvalue weighted by Crippen LogP contribution is 2.33. The molecular weight excluding hydrogens is 298 g/mol. The molecule has 1 N–H and O–H groups in total. The lowest BCUT2D eigenvalue weighted by atomic mass is 10.3. The molecule has 0 saturated carbocycles. The van der Waals surface area contributed by atoms with E-state index < -0.39 is 0 Å². The zero-order valence-electron chi connectivity index (χ0n) is 8.72. The molecule has 17 heavy (non-hydrogen) atoms. The molecule has 0 aliphatic rings. The van der Waals surface area contributed by atoms with E-state index in [0.29, 0.717) is 0 Å². The van der Waals surface area contributed by atoms with Gasteiger partial charge < -0.3 is 5.32 Å². The number of hydrogen-bond acceptors (Lipinski definition) is 4. The maximum atomic E-state index is 4.28. The highest BCUT2D eigenvalue weighted by molar-refractivity contribution is 9.11. The smallest absolute Gasteiger partial charge is 0.151 e. The minimum atomic E-state index is 0.844. The van der Waals surface area contributed by atoms with Crippen molar-refractivity contribution in [2.24, 2.45) is 0 Å². The Hall–Kier alpha value is -1.46. The van der Waals surface area contributed by atoms with Gasteiger partial charge in [-0.05, 0) is 34.1 Å². The molecule has 0 bridgehead atoms. The van der Waals surface area contributed by atoms with Gasteiger partial charge in [0.15, 0.2) is 5.82 Å². The van der Waals surface area contributed by atoms with E-state index in [1.807, 2.05) is 36.4 Å². The number of aromatic nitrogens is 2. The Bertz CT molecular complexity index is 651. The van der Waals surface area contributed by atoms with E-state index in [4.69, 9.17) is 0 Å². The molecule has 0 amide bonds. The topological polar surface area (TPSA) is 37.8 Å². The first-order valence-corrected chi connectivity index (χ1v) is 6.66. The first-order valence-electron chi connectivity index (χ1n) is 5.05. The van der Waals surface area contributed by atoms with Crippen LogP contribution in [0.3, 0.4) is 0 Å². The fourth-order valence-corrected chi connectivity index (χ4v) is 3.06. The van der Waals surface area contributed by atoms with E-state index in [1.165, 1.54) is 0 Å². The highest BCUT2D eigenvalue weighted by Gasteiger charge is 2.07. The maximum Gasteiger partial charge on any atom is 0.151 e. The summed E-state index contributed by atoms with van der Waals surface area (Å²) in [6, 6.07) is 12.0. The van der Waals surface area contributed by atoms with Crippen molar-refractivity contribution < 1.29 is 0 Å². The van der Waals surface area contributed by atoms with Gasteiger partial charge in [0.1, 0.15) is 6.33 Å². The van der Waals surface area contributed by atoms with Crippen LogP contribution in [0.5, 0.6) is 0 Å². The molecule has 0 saturated heterocycles. The van der Waals surface area contributed by atoms with Crippen molar-refractivity contribution in [2.75, 3.05) is 5.32 Å². The van der Waals surface area contributed by atoms with Gasteiger partial charge in [0.05, 0.1) is 14.0 Å². The summed E-state index contributed by atoms with van der Waals surface area (Å²) in [7, 11) is 0. The molecule has 3 rings (SSSR count). The first-order chi connectivity index (χ1) is 8.33. The van der Waals surface area contributed by atoms with Gasteiger partial charge in [0.2, 0.25) is 0 Å². The number of thiophene rings is 1. The molecule has 0 atom stereocenters. The molecule has 0 unspecified atom stereocenters. The third kappa shape index (κ3) is 2.16. The number of rotatable bonds is 2. The Balaban J connectivity index is 2.06. The van der Waals surface area contributed by atoms with E-state index in [1.54, 1.807) is 17.7 Å². The molecule has 2 heterocycles. The van der Waals surface area contributed by atoms with Crippen molar-refractivity contribution in [3.8, 4) is 0 Å². The van der Waals surface area contributed by atoms with Gasteiger partial charge in [-0.25, -0.2) is 9.97 Å². The fourth-order valence-electron chi connectivity index (χ4n) is 1.57. The Morgan fingerprint density at radius 1 is 1.12 bits per heavy atom. The van der Waals surface area contributed by atoms with Gasteiger partial charge in [-0.3, -0.25) is 0 Å². The average molecular weight is 306 g/mol. The number of nitrogens with zero attached hydrogens (tertiary/aromatic N) is 2. The summed E-state index contributed by atoms with van der Waals surface area (Å²) < 4.78 is 2.12. The number of benzene rings is 1. The Kier molecular flexibility index (Phi) is 2.78. The second-order valence-electron chi connectivity index (χ2n) is 3.48. The van der Waals surface area contributed by atoms with Crippen LogP contribution < -0.4 is 5.32 Å². The summed E-state index contributed by atoms with van der Waals surface area (Å²) >= 11 is 5.09. The van der Waals surface area contributed by atoms with E-state index in [0.717, 1.165) is 25.5 Å². The maximum absolute atomic E-state index is 4.28. The minimum Gasteiger partial charge on any atom is -0.339 e. The summed E-state index contributed by atoms with van der Waals surface area (Å²) in [5.41, 5.74) is 1.98. The van der Waals surface area contributed by atoms with Crippen molar-refractivity contribution in [1.29, 1.82) is 0 Å². The lowest BCUT2D eigenvalue weighted by Crippen LogP contribution is -1.93. The number of hydrogen-bond donors (Lipinski definition) is 1. The van der Waals surface area contributed by atoms with Crippen LogP contribution in [0.25, 0.3) is 10.2 Å². The monoisotopic (exact) mass is 305 g/mol. The Labute approximate surface area is 111 Å². The molecule has 2 aromatic heterocycles. The van der Waals surface area contributed by atoms with Crippen molar-refractivity contribution >= 4 is 49.0 Å². The normalized spacial score (nSPS) is 10.6. The molecule has 1 aromatic carbocycles. The molecule has 5 heteroatoms. The Morgan fingerprint density at radius 3 is 2.76 bits per heavy atom. The average Bonchev–Trinajstić information content (AvgIpc) is 2.72. The SMILES string of the molecule is Brc1cc2ncnc(Nc3ccccc3)c2s1.